The number of rotatable bonds is 3. The highest BCUT2D eigenvalue weighted by Gasteiger charge is 2.12. The van der Waals surface area contributed by atoms with Crippen LogP contribution < -0.4 is 4.74 Å². The van der Waals surface area contributed by atoms with E-state index in [2.05, 4.69) is 0 Å². The van der Waals surface area contributed by atoms with Gasteiger partial charge in [0, 0.05) is 0 Å². The van der Waals surface area contributed by atoms with Crippen LogP contribution in [0.3, 0.4) is 0 Å². The van der Waals surface area contributed by atoms with Crippen LogP contribution in [-0.2, 0) is 0 Å². The summed E-state index contributed by atoms with van der Waals surface area (Å²) >= 11 is 0. The first-order valence-corrected chi connectivity index (χ1v) is 5.56. The first kappa shape index (κ1) is 12.3. The number of halogens is 1. The Kier molecular flexibility index (Phi) is 3.42. The summed E-state index contributed by atoms with van der Waals surface area (Å²) in [4.78, 5) is 11.0. The Morgan fingerprint density at radius 1 is 1.11 bits per heavy atom. The predicted octanol–water partition coefficient (Wildman–Crippen LogP) is 3.62. The first-order chi connectivity index (χ1) is 8.67. The molecule has 18 heavy (non-hydrogen) atoms. The molecular formula is C15H13FO2. The van der Waals surface area contributed by atoms with Crippen molar-refractivity contribution in [3.05, 3.63) is 53.3 Å². The number of hydrogen-bond donors (Lipinski definition) is 0. The van der Waals surface area contributed by atoms with Crippen molar-refractivity contribution in [2.45, 2.75) is 6.92 Å². The van der Waals surface area contributed by atoms with Crippen LogP contribution >= 0.6 is 0 Å². The molecule has 0 fully saturated rings. The molecule has 2 nitrogen and oxygen atoms in total. The topological polar surface area (TPSA) is 26.3 Å². The largest absolute Gasteiger partial charge is 0.497 e. The summed E-state index contributed by atoms with van der Waals surface area (Å²) < 4.78 is 18.7. The monoisotopic (exact) mass is 244 g/mol. The molecule has 0 heterocycles. The molecule has 0 aromatic heterocycles. The molecule has 0 bridgehead atoms. The van der Waals surface area contributed by atoms with Crippen molar-refractivity contribution in [2.75, 3.05) is 7.11 Å². The van der Waals surface area contributed by atoms with Gasteiger partial charge in [0.15, 0.2) is 6.29 Å². The lowest BCUT2D eigenvalue weighted by molar-refractivity contribution is 0.112. The van der Waals surface area contributed by atoms with Gasteiger partial charge in [0.25, 0.3) is 0 Å². The SMILES string of the molecule is COc1ccc(-c2c(C)ccc(F)c2C=O)cc1. The van der Waals surface area contributed by atoms with E-state index in [1.165, 1.54) is 6.07 Å². The van der Waals surface area contributed by atoms with E-state index in [1.54, 1.807) is 25.3 Å². The normalized spacial score (nSPS) is 10.2. The minimum Gasteiger partial charge on any atom is -0.497 e. The second kappa shape index (κ2) is 5.00. The van der Waals surface area contributed by atoms with E-state index in [4.69, 9.17) is 4.74 Å². The van der Waals surface area contributed by atoms with Gasteiger partial charge in [0.05, 0.1) is 12.7 Å². The summed E-state index contributed by atoms with van der Waals surface area (Å²) in [7, 11) is 1.58. The molecule has 0 saturated carbocycles. The molecule has 0 saturated heterocycles. The van der Waals surface area contributed by atoms with Gasteiger partial charge in [-0.15, -0.1) is 0 Å². The first-order valence-electron chi connectivity index (χ1n) is 5.56. The van der Waals surface area contributed by atoms with Gasteiger partial charge in [-0.3, -0.25) is 4.79 Å². The average molecular weight is 244 g/mol. The molecule has 0 radical (unpaired) electrons. The molecule has 0 aliphatic carbocycles. The number of aldehydes is 1. The van der Waals surface area contributed by atoms with Crippen molar-refractivity contribution in [2.24, 2.45) is 0 Å². The van der Waals surface area contributed by atoms with Crippen molar-refractivity contribution in [3.8, 4) is 16.9 Å². The van der Waals surface area contributed by atoms with Crippen LogP contribution in [0.1, 0.15) is 15.9 Å². The van der Waals surface area contributed by atoms with Gasteiger partial charge in [0.2, 0.25) is 0 Å². The van der Waals surface area contributed by atoms with E-state index in [-0.39, 0.29) is 5.56 Å². The highest BCUT2D eigenvalue weighted by atomic mass is 19.1. The fourth-order valence-corrected chi connectivity index (χ4v) is 1.96. The van der Waals surface area contributed by atoms with E-state index in [0.29, 0.717) is 11.8 Å². The summed E-state index contributed by atoms with van der Waals surface area (Å²) in [6.45, 7) is 1.85. The molecule has 0 spiro atoms. The zero-order valence-electron chi connectivity index (χ0n) is 10.2. The Balaban J connectivity index is 2.61. The zero-order valence-corrected chi connectivity index (χ0v) is 10.2. The molecule has 92 valence electrons. The number of hydrogen-bond acceptors (Lipinski definition) is 2. The van der Waals surface area contributed by atoms with E-state index >= 15 is 0 Å². The third kappa shape index (κ3) is 2.12. The van der Waals surface area contributed by atoms with E-state index in [0.717, 1.165) is 16.9 Å². The van der Waals surface area contributed by atoms with Crippen LogP contribution in [-0.4, -0.2) is 13.4 Å². The summed E-state index contributed by atoms with van der Waals surface area (Å²) in [6, 6.07) is 10.2. The van der Waals surface area contributed by atoms with Crippen molar-refractivity contribution in [3.63, 3.8) is 0 Å². The van der Waals surface area contributed by atoms with Crippen LogP contribution in [0, 0.1) is 12.7 Å². The molecule has 3 heteroatoms. The fourth-order valence-electron chi connectivity index (χ4n) is 1.96. The summed E-state index contributed by atoms with van der Waals surface area (Å²) in [5.74, 6) is 0.224. The lowest BCUT2D eigenvalue weighted by atomic mass is 9.95. The van der Waals surface area contributed by atoms with Gasteiger partial charge >= 0.3 is 0 Å². The second-order valence-corrected chi connectivity index (χ2v) is 4.00. The lowest BCUT2D eigenvalue weighted by Gasteiger charge is -2.10. The Morgan fingerprint density at radius 2 is 1.78 bits per heavy atom. The Bertz CT molecular complexity index is 574. The van der Waals surface area contributed by atoms with Gasteiger partial charge in [-0.05, 0) is 41.8 Å². The van der Waals surface area contributed by atoms with Crippen LogP contribution in [0.2, 0.25) is 0 Å². The van der Waals surface area contributed by atoms with Gasteiger partial charge in [-0.1, -0.05) is 18.2 Å². The fraction of sp³-hybridized carbons (Fsp3) is 0.133. The number of ether oxygens (including phenoxy) is 1. The lowest BCUT2D eigenvalue weighted by Crippen LogP contribution is -1.96. The van der Waals surface area contributed by atoms with Crippen LogP contribution in [0.5, 0.6) is 5.75 Å². The number of carbonyl (C=O) groups excluding carboxylic acids is 1. The highest BCUT2D eigenvalue weighted by molar-refractivity contribution is 5.89. The van der Waals surface area contributed by atoms with Gasteiger partial charge in [-0.25, -0.2) is 4.39 Å². The van der Waals surface area contributed by atoms with Crippen molar-refractivity contribution < 1.29 is 13.9 Å². The summed E-state index contributed by atoms with van der Waals surface area (Å²) in [5, 5.41) is 0. The Labute approximate surface area is 105 Å². The second-order valence-electron chi connectivity index (χ2n) is 4.00. The maximum Gasteiger partial charge on any atom is 0.153 e. The maximum atomic E-state index is 13.6. The molecular weight excluding hydrogens is 231 g/mol. The average Bonchev–Trinajstić information content (AvgIpc) is 2.41. The van der Waals surface area contributed by atoms with Crippen molar-refractivity contribution >= 4 is 6.29 Å². The standard InChI is InChI=1S/C15H13FO2/c1-10-3-8-14(16)13(9-17)15(10)11-4-6-12(18-2)7-5-11/h3-9H,1-2H3. The number of carbonyl (C=O) groups is 1. The van der Waals surface area contributed by atoms with E-state index < -0.39 is 5.82 Å². The van der Waals surface area contributed by atoms with Gasteiger partial charge < -0.3 is 4.74 Å². The minimum atomic E-state index is -0.499. The summed E-state index contributed by atoms with van der Waals surface area (Å²) in [5.41, 5.74) is 2.39. The quantitative estimate of drug-likeness (QED) is 0.771. The van der Waals surface area contributed by atoms with Crippen LogP contribution in [0.15, 0.2) is 36.4 Å². The minimum absolute atomic E-state index is 0.0974. The van der Waals surface area contributed by atoms with Crippen molar-refractivity contribution in [1.82, 2.24) is 0 Å². The Hall–Kier alpha value is -2.16. The van der Waals surface area contributed by atoms with Gasteiger partial charge in [-0.2, -0.15) is 0 Å². The number of methoxy groups -OCH3 is 1. The molecule has 2 aromatic carbocycles. The predicted molar refractivity (Wildman–Crippen MR) is 68.5 cm³/mol. The molecule has 0 aliphatic rings. The van der Waals surface area contributed by atoms with Crippen LogP contribution in [0.25, 0.3) is 11.1 Å². The van der Waals surface area contributed by atoms with E-state index in [9.17, 15) is 9.18 Å². The number of benzene rings is 2. The molecule has 0 atom stereocenters. The highest BCUT2D eigenvalue weighted by Crippen LogP contribution is 2.29. The number of aryl methyl sites for hydroxylation is 1. The third-order valence-electron chi connectivity index (χ3n) is 2.90. The maximum absolute atomic E-state index is 13.6. The molecule has 2 aromatic rings. The van der Waals surface area contributed by atoms with Gasteiger partial charge in [0.1, 0.15) is 11.6 Å². The smallest absolute Gasteiger partial charge is 0.153 e. The molecule has 2 rings (SSSR count). The van der Waals surface area contributed by atoms with E-state index in [1.807, 2.05) is 19.1 Å². The molecule has 0 unspecified atom stereocenters. The molecule has 0 N–H and O–H groups in total. The van der Waals surface area contributed by atoms with Crippen molar-refractivity contribution in [1.29, 1.82) is 0 Å². The Morgan fingerprint density at radius 3 is 2.33 bits per heavy atom. The molecule has 0 amide bonds. The van der Waals surface area contributed by atoms with Crippen LogP contribution in [0.4, 0.5) is 4.39 Å². The summed E-state index contributed by atoms with van der Waals surface area (Å²) in [6.07, 6.45) is 0.557. The third-order valence-corrected chi connectivity index (χ3v) is 2.90. The molecule has 0 aliphatic heterocycles. The zero-order chi connectivity index (χ0) is 13.1.